The molecule has 0 spiro atoms. The van der Waals surface area contributed by atoms with Crippen molar-refractivity contribution in [1.82, 2.24) is 5.32 Å². The van der Waals surface area contributed by atoms with E-state index in [9.17, 15) is 5.11 Å². The maximum absolute atomic E-state index is 10.4. The van der Waals surface area contributed by atoms with E-state index < -0.39 is 0 Å². The molecule has 0 amide bonds. The molecule has 0 bridgehead atoms. The molecule has 3 aromatic rings. The van der Waals surface area contributed by atoms with Gasteiger partial charge in [-0.3, -0.25) is 0 Å². The third-order valence-electron chi connectivity index (χ3n) is 4.89. The van der Waals surface area contributed by atoms with E-state index in [1.165, 1.54) is 5.56 Å². The zero-order valence-corrected chi connectivity index (χ0v) is 15.1. The third kappa shape index (κ3) is 4.07. The molecule has 1 unspecified atom stereocenters. The van der Waals surface area contributed by atoms with Crippen molar-refractivity contribution in [1.29, 1.82) is 0 Å². The summed E-state index contributed by atoms with van der Waals surface area (Å²) in [5.74, 6) is 1.94. The van der Waals surface area contributed by atoms with E-state index in [0.717, 1.165) is 42.1 Å². The number of nitrogens with one attached hydrogen (secondary N) is 1. The Labute approximate surface area is 159 Å². The molecule has 1 aliphatic heterocycles. The lowest BCUT2D eigenvalue weighted by Crippen LogP contribution is -2.18. The zero-order valence-electron chi connectivity index (χ0n) is 15.1. The lowest BCUT2D eigenvalue weighted by atomic mass is 9.87. The van der Waals surface area contributed by atoms with Crippen LogP contribution in [0.5, 0.6) is 17.2 Å². The van der Waals surface area contributed by atoms with E-state index in [0.29, 0.717) is 5.75 Å². The van der Waals surface area contributed by atoms with Crippen molar-refractivity contribution in [2.24, 2.45) is 0 Å². The minimum atomic E-state index is 0.0731. The summed E-state index contributed by atoms with van der Waals surface area (Å²) in [7, 11) is 0. The number of phenols is 1. The van der Waals surface area contributed by atoms with Crippen molar-refractivity contribution in [2.45, 2.75) is 18.9 Å². The second-order valence-corrected chi connectivity index (χ2v) is 6.68. The maximum atomic E-state index is 10.4. The zero-order chi connectivity index (χ0) is 18.5. The maximum Gasteiger partial charge on any atom is 0.231 e. The molecule has 0 fully saturated rings. The highest BCUT2D eigenvalue weighted by Gasteiger charge is 2.21. The fourth-order valence-corrected chi connectivity index (χ4v) is 3.49. The summed E-state index contributed by atoms with van der Waals surface area (Å²) in [5.41, 5.74) is 3.31. The fourth-order valence-electron chi connectivity index (χ4n) is 3.49. The van der Waals surface area contributed by atoms with Crippen LogP contribution in [-0.2, 0) is 6.54 Å². The lowest BCUT2D eigenvalue weighted by molar-refractivity contribution is 0.174. The minimum Gasteiger partial charge on any atom is -0.508 e. The van der Waals surface area contributed by atoms with Crippen molar-refractivity contribution >= 4 is 0 Å². The molecule has 0 saturated heterocycles. The van der Waals surface area contributed by atoms with Crippen molar-refractivity contribution in [3.8, 4) is 17.2 Å². The summed E-state index contributed by atoms with van der Waals surface area (Å²) in [5, 5.41) is 13.9. The van der Waals surface area contributed by atoms with Crippen LogP contribution in [0, 0.1) is 0 Å². The normalized spacial score (nSPS) is 13.5. The third-order valence-corrected chi connectivity index (χ3v) is 4.89. The number of aromatic hydroxyl groups is 1. The Kier molecular flexibility index (Phi) is 5.26. The Hall–Kier alpha value is -2.98. The number of ether oxygens (including phenoxy) is 2. The smallest absolute Gasteiger partial charge is 0.231 e. The van der Waals surface area contributed by atoms with Crippen LogP contribution in [0.2, 0.25) is 0 Å². The first-order chi connectivity index (χ1) is 13.3. The number of benzene rings is 3. The number of hydrogen-bond donors (Lipinski definition) is 2. The van der Waals surface area contributed by atoms with Crippen LogP contribution < -0.4 is 14.8 Å². The largest absolute Gasteiger partial charge is 0.508 e. The molecule has 0 saturated carbocycles. The van der Waals surface area contributed by atoms with Crippen LogP contribution in [0.25, 0.3) is 0 Å². The average Bonchev–Trinajstić information content (AvgIpc) is 3.17. The summed E-state index contributed by atoms with van der Waals surface area (Å²) >= 11 is 0. The van der Waals surface area contributed by atoms with Gasteiger partial charge in [0.05, 0.1) is 0 Å². The van der Waals surface area contributed by atoms with Gasteiger partial charge < -0.3 is 19.9 Å². The minimum absolute atomic E-state index is 0.0731. The summed E-state index contributed by atoms with van der Waals surface area (Å²) in [4.78, 5) is 0. The highest BCUT2D eigenvalue weighted by molar-refractivity contribution is 5.49. The highest BCUT2D eigenvalue weighted by Crippen LogP contribution is 2.39. The SMILES string of the molecule is Oc1ccccc1C(CCNCc1ccccc1)c1ccc2c(c1)OCO2. The van der Waals surface area contributed by atoms with Gasteiger partial charge in [-0.05, 0) is 42.3 Å². The summed E-state index contributed by atoms with van der Waals surface area (Å²) in [6.07, 6.45) is 0.865. The first-order valence-corrected chi connectivity index (χ1v) is 9.23. The van der Waals surface area contributed by atoms with E-state index in [4.69, 9.17) is 9.47 Å². The average molecular weight is 361 g/mol. The summed E-state index contributed by atoms with van der Waals surface area (Å²) < 4.78 is 11.0. The Morgan fingerprint density at radius 2 is 1.67 bits per heavy atom. The molecule has 138 valence electrons. The van der Waals surface area contributed by atoms with Crippen molar-refractivity contribution in [2.75, 3.05) is 13.3 Å². The topological polar surface area (TPSA) is 50.7 Å². The molecule has 4 rings (SSSR count). The molecule has 1 heterocycles. The van der Waals surface area contributed by atoms with Gasteiger partial charge in [-0.25, -0.2) is 0 Å². The van der Waals surface area contributed by atoms with E-state index in [2.05, 4.69) is 35.6 Å². The van der Waals surface area contributed by atoms with E-state index in [1.807, 2.05) is 36.4 Å². The van der Waals surface area contributed by atoms with Gasteiger partial charge in [-0.2, -0.15) is 0 Å². The van der Waals surface area contributed by atoms with Gasteiger partial charge in [-0.1, -0.05) is 54.6 Å². The van der Waals surface area contributed by atoms with Crippen molar-refractivity contribution < 1.29 is 14.6 Å². The number of para-hydroxylation sites is 1. The summed E-state index contributed by atoms with van der Waals surface area (Å²) in [6.45, 7) is 1.93. The molecule has 27 heavy (non-hydrogen) atoms. The van der Waals surface area contributed by atoms with Crippen LogP contribution >= 0.6 is 0 Å². The van der Waals surface area contributed by atoms with Gasteiger partial charge in [0.15, 0.2) is 11.5 Å². The monoisotopic (exact) mass is 361 g/mol. The molecule has 3 aromatic carbocycles. The van der Waals surface area contributed by atoms with Gasteiger partial charge in [-0.15, -0.1) is 0 Å². The number of fused-ring (bicyclic) bond motifs is 1. The van der Waals surface area contributed by atoms with Gasteiger partial charge in [0.2, 0.25) is 6.79 Å². The van der Waals surface area contributed by atoms with Gasteiger partial charge >= 0.3 is 0 Å². The fraction of sp³-hybridized carbons (Fsp3) is 0.217. The molecule has 0 radical (unpaired) electrons. The Morgan fingerprint density at radius 3 is 2.52 bits per heavy atom. The van der Waals surface area contributed by atoms with Crippen LogP contribution in [0.4, 0.5) is 0 Å². The number of rotatable bonds is 7. The van der Waals surface area contributed by atoms with E-state index in [-0.39, 0.29) is 12.7 Å². The van der Waals surface area contributed by atoms with Crippen LogP contribution in [0.1, 0.15) is 29.0 Å². The van der Waals surface area contributed by atoms with Crippen LogP contribution in [0.3, 0.4) is 0 Å². The van der Waals surface area contributed by atoms with Crippen LogP contribution in [-0.4, -0.2) is 18.4 Å². The highest BCUT2D eigenvalue weighted by atomic mass is 16.7. The molecule has 0 aliphatic carbocycles. The molecule has 4 nitrogen and oxygen atoms in total. The Balaban J connectivity index is 1.51. The van der Waals surface area contributed by atoms with Crippen molar-refractivity contribution in [3.05, 3.63) is 89.5 Å². The summed E-state index contributed by atoms with van der Waals surface area (Å²) in [6, 6.07) is 23.9. The predicted octanol–water partition coefficient (Wildman–Crippen LogP) is 4.43. The van der Waals surface area contributed by atoms with Gasteiger partial charge in [0.1, 0.15) is 5.75 Å². The Morgan fingerprint density at radius 1 is 0.889 bits per heavy atom. The lowest BCUT2D eigenvalue weighted by Gasteiger charge is -2.20. The predicted molar refractivity (Wildman–Crippen MR) is 105 cm³/mol. The second kappa shape index (κ2) is 8.14. The molecule has 2 N–H and O–H groups in total. The molecule has 1 atom stereocenters. The molecule has 1 aliphatic rings. The molecule has 4 heteroatoms. The number of phenolic OH excluding ortho intramolecular Hbond substituents is 1. The van der Waals surface area contributed by atoms with E-state index in [1.54, 1.807) is 6.07 Å². The molecule has 0 aromatic heterocycles. The first kappa shape index (κ1) is 17.4. The van der Waals surface area contributed by atoms with Crippen LogP contribution in [0.15, 0.2) is 72.8 Å². The standard InChI is InChI=1S/C23H23NO3/c25-21-9-5-4-8-20(21)19(12-13-24-15-17-6-2-1-3-7-17)18-10-11-22-23(14-18)27-16-26-22/h1-11,14,19,24-25H,12-13,15-16H2. The van der Waals surface area contributed by atoms with Gasteiger partial charge in [0, 0.05) is 18.0 Å². The molecular formula is C23H23NO3. The quantitative estimate of drug-likeness (QED) is 0.611. The Bertz CT molecular complexity index is 895. The van der Waals surface area contributed by atoms with Gasteiger partial charge in [0.25, 0.3) is 0 Å². The van der Waals surface area contributed by atoms with Crippen molar-refractivity contribution in [3.63, 3.8) is 0 Å². The number of hydrogen-bond acceptors (Lipinski definition) is 4. The second-order valence-electron chi connectivity index (χ2n) is 6.68. The van der Waals surface area contributed by atoms with E-state index >= 15 is 0 Å². The molecular weight excluding hydrogens is 338 g/mol. The first-order valence-electron chi connectivity index (χ1n) is 9.23.